The number of rotatable bonds is 6. The molecule has 0 saturated carbocycles. The van der Waals surface area contributed by atoms with Gasteiger partial charge in [-0.25, -0.2) is 0 Å². The van der Waals surface area contributed by atoms with Crippen LogP contribution in [0.1, 0.15) is 24.1 Å². The van der Waals surface area contributed by atoms with Gasteiger partial charge in [0.2, 0.25) is 0 Å². The molecule has 31 heavy (non-hydrogen) atoms. The largest absolute Gasteiger partial charge is 0.487 e. The number of nitrogens with one attached hydrogen (secondary N) is 1. The van der Waals surface area contributed by atoms with Crippen LogP contribution in [0.2, 0.25) is 0 Å². The summed E-state index contributed by atoms with van der Waals surface area (Å²) in [5, 5.41) is 3.47. The Kier molecular flexibility index (Phi) is 9.35. The first-order valence-corrected chi connectivity index (χ1v) is 10.6. The maximum absolute atomic E-state index is 5.95. The molecule has 3 heterocycles. The lowest BCUT2D eigenvalue weighted by molar-refractivity contribution is -0.0817. The van der Waals surface area contributed by atoms with E-state index < -0.39 is 0 Å². The summed E-state index contributed by atoms with van der Waals surface area (Å²) in [4.78, 5) is 11.0. The van der Waals surface area contributed by atoms with Crippen LogP contribution in [-0.2, 0) is 22.6 Å². The third-order valence-electron chi connectivity index (χ3n) is 5.47. The number of aliphatic imine (C=N–C) groups is 1. The Morgan fingerprint density at radius 1 is 1.16 bits per heavy atom. The molecule has 4 rings (SSSR count). The number of pyridine rings is 1. The summed E-state index contributed by atoms with van der Waals surface area (Å²) in [6.07, 6.45) is 4.32. The Hall–Kier alpha value is -1.91. The highest BCUT2D eigenvalue weighted by Gasteiger charge is 2.32. The van der Waals surface area contributed by atoms with E-state index in [2.05, 4.69) is 32.3 Å². The molecule has 2 atom stereocenters. The minimum Gasteiger partial charge on any atom is -0.487 e. The predicted molar refractivity (Wildman–Crippen MR) is 131 cm³/mol. The summed E-state index contributed by atoms with van der Waals surface area (Å²) in [6, 6.07) is 13.9. The normalized spacial score (nSPS) is 21.5. The van der Waals surface area contributed by atoms with Crippen molar-refractivity contribution in [3.63, 3.8) is 0 Å². The summed E-state index contributed by atoms with van der Waals surface area (Å²) < 4.78 is 17.6. The van der Waals surface area contributed by atoms with Gasteiger partial charge < -0.3 is 24.4 Å². The molecule has 2 unspecified atom stereocenters. The van der Waals surface area contributed by atoms with E-state index in [1.807, 2.05) is 37.4 Å². The Labute approximate surface area is 201 Å². The van der Waals surface area contributed by atoms with Crippen LogP contribution in [0.3, 0.4) is 0 Å². The number of aromatic nitrogens is 1. The van der Waals surface area contributed by atoms with Crippen LogP contribution in [0.4, 0.5) is 0 Å². The standard InChI is InChI=1S/C23H30N4O3.HI/c1-24-23(27-12-14-29-22(16-27)21-6-4-13-28-21)26-15-18-7-9-20(10-8-18)30-17-19-5-2-3-11-25-19;/h2-3,5,7-11,21-22H,4,6,12-17H2,1H3,(H,24,26);1H. The molecule has 0 amide bonds. The van der Waals surface area contributed by atoms with Crippen LogP contribution in [0.5, 0.6) is 5.75 Å². The molecule has 1 aromatic heterocycles. The first kappa shape index (κ1) is 23.7. The van der Waals surface area contributed by atoms with E-state index in [0.717, 1.165) is 49.9 Å². The van der Waals surface area contributed by atoms with Crippen molar-refractivity contribution in [1.82, 2.24) is 15.2 Å². The number of benzene rings is 1. The molecule has 2 aliphatic rings. The molecule has 1 aromatic carbocycles. The molecule has 2 aromatic rings. The highest BCUT2D eigenvalue weighted by Crippen LogP contribution is 2.21. The molecule has 2 aliphatic heterocycles. The number of hydrogen-bond donors (Lipinski definition) is 1. The van der Waals surface area contributed by atoms with Crippen LogP contribution in [-0.4, -0.2) is 61.4 Å². The molecule has 2 saturated heterocycles. The summed E-state index contributed by atoms with van der Waals surface area (Å²) in [5.74, 6) is 1.73. The van der Waals surface area contributed by atoms with Gasteiger partial charge in [0.25, 0.3) is 0 Å². The van der Waals surface area contributed by atoms with Crippen LogP contribution in [0.15, 0.2) is 53.7 Å². The molecular weight excluding hydrogens is 507 g/mol. The molecule has 7 nitrogen and oxygen atoms in total. The van der Waals surface area contributed by atoms with Gasteiger partial charge in [0.05, 0.1) is 18.4 Å². The highest BCUT2D eigenvalue weighted by atomic mass is 127. The lowest BCUT2D eigenvalue weighted by Gasteiger charge is -2.37. The zero-order valence-corrected chi connectivity index (χ0v) is 20.2. The van der Waals surface area contributed by atoms with Crippen molar-refractivity contribution in [3.8, 4) is 5.75 Å². The zero-order valence-electron chi connectivity index (χ0n) is 17.9. The summed E-state index contributed by atoms with van der Waals surface area (Å²) in [7, 11) is 1.83. The molecule has 0 radical (unpaired) electrons. The van der Waals surface area contributed by atoms with Gasteiger partial charge >= 0.3 is 0 Å². The third kappa shape index (κ3) is 6.78. The highest BCUT2D eigenvalue weighted by molar-refractivity contribution is 14.0. The van der Waals surface area contributed by atoms with Gasteiger partial charge in [0.15, 0.2) is 5.96 Å². The van der Waals surface area contributed by atoms with E-state index in [0.29, 0.717) is 19.8 Å². The minimum absolute atomic E-state index is 0. The molecule has 0 spiro atoms. The lowest BCUT2D eigenvalue weighted by Crippen LogP contribution is -2.53. The van der Waals surface area contributed by atoms with Crippen molar-refractivity contribution < 1.29 is 14.2 Å². The van der Waals surface area contributed by atoms with Crippen LogP contribution in [0, 0.1) is 0 Å². The van der Waals surface area contributed by atoms with E-state index in [4.69, 9.17) is 14.2 Å². The SMILES string of the molecule is CN=C(NCc1ccc(OCc2ccccn2)cc1)N1CCOC(C2CCCO2)C1.I. The molecule has 168 valence electrons. The fraction of sp³-hybridized carbons (Fsp3) is 0.478. The van der Waals surface area contributed by atoms with Gasteiger partial charge in [-0.15, -0.1) is 24.0 Å². The van der Waals surface area contributed by atoms with Gasteiger partial charge in [0, 0.05) is 39.5 Å². The van der Waals surface area contributed by atoms with Gasteiger partial charge in [-0.1, -0.05) is 18.2 Å². The second-order valence-corrected chi connectivity index (χ2v) is 7.56. The predicted octanol–water partition coefficient (Wildman–Crippen LogP) is 3.23. The summed E-state index contributed by atoms with van der Waals surface area (Å²) >= 11 is 0. The van der Waals surface area contributed by atoms with Crippen molar-refractivity contribution in [2.75, 3.05) is 33.4 Å². The fourth-order valence-corrected chi connectivity index (χ4v) is 3.85. The van der Waals surface area contributed by atoms with Crippen molar-refractivity contribution in [1.29, 1.82) is 0 Å². The number of morpholine rings is 1. The Morgan fingerprint density at radius 3 is 2.71 bits per heavy atom. The molecule has 0 bridgehead atoms. The minimum atomic E-state index is 0. The maximum atomic E-state index is 5.95. The Morgan fingerprint density at radius 2 is 2.00 bits per heavy atom. The van der Waals surface area contributed by atoms with Gasteiger partial charge in [-0.3, -0.25) is 9.98 Å². The van der Waals surface area contributed by atoms with Gasteiger partial charge in [0.1, 0.15) is 18.5 Å². The molecular formula is C23H31IN4O3. The fourth-order valence-electron chi connectivity index (χ4n) is 3.85. The van der Waals surface area contributed by atoms with Crippen molar-refractivity contribution in [2.24, 2.45) is 4.99 Å². The average Bonchev–Trinajstić information content (AvgIpc) is 3.35. The maximum Gasteiger partial charge on any atom is 0.194 e. The first-order valence-electron chi connectivity index (χ1n) is 10.6. The number of hydrogen-bond acceptors (Lipinski definition) is 5. The third-order valence-corrected chi connectivity index (χ3v) is 5.47. The zero-order chi connectivity index (χ0) is 20.6. The molecule has 2 fully saturated rings. The topological polar surface area (TPSA) is 68.2 Å². The molecule has 1 N–H and O–H groups in total. The van der Waals surface area contributed by atoms with Crippen LogP contribution >= 0.6 is 24.0 Å². The number of nitrogens with zero attached hydrogens (tertiary/aromatic N) is 3. The lowest BCUT2D eigenvalue weighted by atomic mass is 10.1. The summed E-state index contributed by atoms with van der Waals surface area (Å²) in [6.45, 7) is 4.36. The van der Waals surface area contributed by atoms with E-state index >= 15 is 0 Å². The number of halogens is 1. The number of ether oxygens (including phenoxy) is 3. The Balaban J connectivity index is 0.00000272. The van der Waals surface area contributed by atoms with E-state index in [9.17, 15) is 0 Å². The first-order chi connectivity index (χ1) is 14.8. The second-order valence-electron chi connectivity index (χ2n) is 7.56. The Bertz CT molecular complexity index is 813. The molecule has 0 aliphatic carbocycles. The molecule has 8 heteroatoms. The van der Waals surface area contributed by atoms with Crippen molar-refractivity contribution in [2.45, 2.75) is 38.2 Å². The average molecular weight is 538 g/mol. The van der Waals surface area contributed by atoms with Gasteiger partial charge in [-0.05, 0) is 42.7 Å². The van der Waals surface area contributed by atoms with E-state index in [-0.39, 0.29) is 36.2 Å². The van der Waals surface area contributed by atoms with Crippen LogP contribution in [0.25, 0.3) is 0 Å². The van der Waals surface area contributed by atoms with E-state index in [1.165, 1.54) is 5.56 Å². The number of guanidine groups is 1. The second kappa shape index (κ2) is 12.2. The smallest absolute Gasteiger partial charge is 0.194 e. The van der Waals surface area contributed by atoms with E-state index in [1.54, 1.807) is 6.20 Å². The van der Waals surface area contributed by atoms with Crippen LogP contribution < -0.4 is 10.1 Å². The summed E-state index contributed by atoms with van der Waals surface area (Å²) in [5.41, 5.74) is 2.09. The van der Waals surface area contributed by atoms with Crippen molar-refractivity contribution >= 4 is 29.9 Å². The monoisotopic (exact) mass is 538 g/mol. The van der Waals surface area contributed by atoms with Crippen molar-refractivity contribution in [3.05, 3.63) is 59.9 Å². The van der Waals surface area contributed by atoms with Gasteiger partial charge in [-0.2, -0.15) is 0 Å². The quantitative estimate of drug-likeness (QED) is 0.346.